The zero-order chi connectivity index (χ0) is 15.0. The number of aromatic nitrogens is 3. The predicted octanol–water partition coefficient (Wildman–Crippen LogP) is 1.95. The first-order valence-electron chi connectivity index (χ1n) is 7.31. The molecule has 0 saturated heterocycles. The van der Waals surface area contributed by atoms with E-state index in [4.69, 9.17) is 0 Å². The molecule has 1 unspecified atom stereocenters. The molecule has 21 heavy (non-hydrogen) atoms. The van der Waals surface area contributed by atoms with Crippen LogP contribution in [-0.2, 0) is 13.0 Å². The quantitative estimate of drug-likeness (QED) is 0.917. The van der Waals surface area contributed by atoms with Crippen molar-refractivity contribution in [1.29, 1.82) is 0 Å². The minimum absolute atomic E-state index is 0.000905. The van der Waals surface area contributed by atoms with Gasteiger partial charge in [-0.3, -0.25) is 4.79 Å². The Kier molecular flexibility index (Phi) is 3.49. The summed E-state index contributed by atoms with van der Waals surface area (Å²) in [5.41, 5.74) is 2.96. The number of nitrogens with one attached hydrogen (secondary N) is 1. The van der Waals surface area contributed by atoms with Gasteiger partial charge in [-0.05, 0) is 39.3 Å². The lowest BCUT2D eigenvalue weighted by molar-refractivity contribution is 0.0927. The van der Waals surface area contributed by atoms with Crippen LogP contribution in [0.1, 0.15) is 39.6 Å². The van der Waals surface area contributed by atoms with Crippen molar-refractivity contribution in [2.45, 2.75) is 46.2 Å². The van der Waals surface area contributed by atoms with Crippen LogP contribution in [0.4, 0.5) is 0 Å². The van der Waals surface area contributed by atoms with Crippen LogP contribution in [0.25, 0.3) is 0 Å². The molecule has 0 radical (unpaired) electrons. The van der Waals surface area contributed by atoms with Gasteiger partial charge >= 0.3 is 0 Å². The van der Waals surface area contributed by atoms with E-state index in [1.165, 1.54) is 0 Å². The first-order chi connectivity index (χ1) is 10.0. The molecule has 0 saturated carbocycles. The van der Waals surface area contributed by atoms with Crippen LogP contribution in [0, 0.1) is 20.8 Å². The van der Waals surface area contributed by atoms with E-state index in [0.717, 1.165) is 47.7 Å². The largest absolute Gasteiger partial charge is 0.347 e. The number of nitrogens with zero attached hydrogens (tertiary/aromatic N) is 3. The molecule has 1 aliphatic heterocycles. The normalized spacial score (nSPS) is 17.4. The number of hydrogen-bond donors (Lipinski definition) is 1. The van der Waals surface area contributed by atoms with Crippen molar-refractivity contribution >= 4 is 5.91 Å². The van der Waals surface area contributed by atoms with Crippen molar-refractivity contribution < 1.29 is 4.79 Å². The summed E-state index contributed by atoms with van der Waals surface area (Å²) in [7, 11) is 0. The summed E-state index contributed by atoms with van der Waals surface area (Å²) in [6, 6.07) is 6.08. The summed E-state index contributed by atoms with van der Waals surface area (Å²) in [4.78, 5) is 12.4. The average molecular weight is 284 g/mol. The molecule has 5 nitrogen and oxygen atoms in total. The lowest BCUT2D eigenvalue weighted by Crippen LogP contribution is -2.41. The fourth-order valence-electron chi connectivity index (χ4n) is 2.95. The highest BCUT2D eigenvalue weighted by atomic mass is 16.1. The maximum Gasteiger partial charge on any atom is 0.251 e. The molecule has 1 aromatic carbocycles. The second kappa shape index (κ2) is 5.31. The Labute approximate surface area is 124 Å². The van der Waals surface area contributed by atoms with E-state index in [9.17, 15) is 4.79 Å². The van der Waals surface area contributed by atoms with Gasteiger partial charge in [-0.15, -0.1) is 10.2 Å². The zero-order valence-electron chi connectivity index (χ0n) is 12.7. The summed E-state index contributed by atoms with van der Waals surface area (Å²) in [6.45, 7) is 6.73. The molecule has 1 atom stereocenters. The molecule has 0 spiro atoms. The first kappa shape index (κ1) is 13.8. The van der Waals surface area contributed by atoms with Crippen LogP contribution in [-0.4, -0.2) is 26.7 Å². The van der Waals surface area contributed by atoms with E-state index in [2.05, 4.69) is 26.1 Å². The highest BCUT2D eigenvalue weighted by molar-refractivity contribution is 5.94. The van der Waals surface area contributed by atoms with Gasteiger partial charge in [0.15, 0.2) is 0 Å². The van der Waals surface area contributed by atoms with E-state index < -0.39 is 0 Å². The summed E-state index contributed by atoms with van der Waals surface area (Å²) < 4.78 is 2.09. The third-order valence-electron chi connectivity index (χ3n) is 3.95. The van der Waals surface area contributed by atoms with Crippen LogP contribution >= 0.6 is 0 Å². The minimum Gasteiger partial charge on any atom is -0.347 e. The van der Waals surface area contributed by atoms with Crippen molar-refractivity contribution in [2.75, 3.05) is 0 Å². The van der Waals surface area contributed by atoms with Gasteiger partial charge in [-0.2, -0.15) is 0 Å². The molecule has 1 aromatic heterocycles. The first-order valence-corrected chi connectivity index (χ1v) is 7.31. The van der Waals surface area contributed by atoms with E-state index >= 15 is 0 Å². The number of aryl methyl sites for hydroxylation is 4. The highest BCUT2D eigenvalue weighted by Crippen LogP contribution is 2.16. The van der Waals surface area contributed by atoms with Crippen LogP contribution in [0.15, 0.2) is 18.2 Å². The maximum absolute atomic E-state index is 12.4. The molecule has 1 amide bonds. The molecule has 3 rings (SSSR count). The molecule has 1 N–H and O–H groups in total. The van der Waals surface area contributed by atoms with Gasteiger partial charge in [-0.1, -0.05) is 17.2 Å². The van der Waals surface area contributed by atoms with Crippen LogP contribution < -0.4 is 5.32 Å². The monoisotopic (exact) mass is 284 g/mol. The number of amides is 1. The Morgan fingerprint density at radius 3 is 2.62 bits per heavy atom. The summed E-state index contributed by atoms with van der Waals surface area (Å²) in [5.74, 6) is 1.93. The lowest BCUT2D eigenvalue weighted by Gasteiger charge is -2.25. The lowest BCUT2D eigenvalue weighted by atomic mass is 10.0. The number of fused-ring (bicyclic) bond motifs is 1. The molecule has 5 heteroatoms. The van der Waals surface area contributed by atoms with Gasteiger partial charge in [0.2, 0.25) is 0 Å². The van der Waals surface area contributed by atoms with Crippen molar-refractivity contribution in [3.8, 4) is 0 Å². The van der Waals surface area contributed by atoms with E-state index in [-0.39, 0.29) is 11.9 Å². The number of carbonyl (C=O) groups excluding carboxylic acids is 1. The maximum atomic E-state index is 12.4. The van der Waals surface area contributed by atoms with Crippen LogP contribution in [0.5, 0.6) is 0 Å². The van der Waals surface area contributed by atoms with E-state index in [0.29, 0.717) is 0 Å². The molecule has 110 valence electrons. The molecule has 0 aliphatic carbocycles. The fourth-order valence-corrected chi connectivity index (χ4v) is 2.95. The van der Waals surface area contributed by atoms with Gasteiger partial charge < -0.3 is 9.88 Å². The average Bonchev–Trinajstić information content (AvgIpc) is 2.79. The van der Waals surface area contributed by atoms with Crippen LogP contribution in [0.2, 0.25) is 0 Å². The molecule has 2 heterocycles. The Balaban J connectivity index is 1.73. The summed E-state index contributed by atoms with van der Waals surface area (Å²) >= 11 is 0. The molecule has 0 fully saturated rings. The molecular formula is C16H20N4O. The van der Waals surface area contributed by atoms with Crippen LogP contribution in [0.3, 0.4) is 0 Å². The van der Waals surface area contributed by atoms with Gasteiger partial charge in [0.25, 0.3) is 5.91 Å². The number of hydrogen-bond acceptors (Lipinski definition) is 3. The topological polar surface area (TPSA) is 59.8 Å². The Morgan fingerprint density at radius 1 is 1.19 bits per heavy atom. The Bertz CT molecular complexity index is 669. The third-order valence-corrected chi connectivity index (χ3v) is 3.95. The SMILES string of the molecule is Cc1cc(C)cc(C(=O)NC2CCc3nnc(C)n3C2)c1. The standard InChI is InChI=1S/C16H20N4O/c1-10-6-11(2)8-13(7-10)16(21)17-14-4-5-15-19-18-12(3)20(15)9-14/h6-8,14H,4-5,9H2,1-3H3,(H,17,21). The Hall–Kier alpha value is -2.17. The molecule has 2 aromatic rings. The van der Waals surface area contributed by atoms with Crippen molar-refractivity contribution in [3.63, 3.8) is 0 Å². The van der Waals surface area contributed by atoms with E-state index in [1.54, 1.807) is 0 Å². The van der Waals surface area contributed by atoms with Gasteiger partial charge in [0.05, 0.1) is 0 Å². The fraction of sp³-hybridized carbons (Fsp3) is 0.438. The second-order valence-electron chi connectivity index (χ2n) is 5.86. The molecule has 0 bridgehead atoms. The zero-order valence-corrected chi connectivity index (χ0v) is 12.7. The third kappa shape index (κ3) is 2.82. The number of benzene rings is 1. The highest BCUT2D eigenvalue weighted by Gasteiger charge is 2.23. The van der Waals surface area contributed by atoms with Crippen molar-refractivity contribution in [2.24, 2.45) is 0 Å². The van der Waals surface area contributed by atoms with Crippen molar-refractivity contribution in [1.82, 2.24) is 20.1 Å². The van der Waals surface area contributed by atoms with Gasteiger partial charge in [-0.25, -0.2) is 0 Å². The van der Waals surface area contributed by atoms with Gasteiger partial charge in [0.1, 0.15) is 11.6 Å². The Morgan fingerprint density at radius 2 is 1.90 bits per heavy atom. The smallest absolute Gasteiger partial charge is 0.251 e. The molecular weight excluding hydrogens is 264 g/mol. The second-order valence-corrected chi connectivity index (χ2v) is 5.86. The minimum atomic E-state index is 0.000905. The summed E-state index contributed by atoms with van der Waals surface area (Å²) in [5, 5.41) is 11.4. The summed E-state index contributed by atoms with van der Waals surface area (Å²) in [6.07, 6.45) is 1.77. The van der Waals surface area contributed by atoms with E-state index in [1.807, 2.05) is 32.9 Å². The number of carbonyl (C=O) groups is 1. The number of rotatable bonds is 2. The van der Waals surface area contributed by atoms with Crippen molar-refractivity contribution in [3.05, 3.63) is 46.5 Å². The van der Waals surface area contributed by atoms with Gasteiger partial charge in [0, 0.05) is 24.6 Å². The predicted molar refractivity (Wildman–Crippen MR) is 80.3 cm³/mol. The molecule has 1 aliphatic rings.